The molecular weight excluding hydrogens is 384 g/mol. The molecule has 0 unspecified atom stereocenters. The highest BCUT2D eigenvalue weighted by Gasteiger charge is 2.35. The van der Waals surface area contributed by atoms with Gasteiger partial charge < -0.3 is 15.0 Å². The second-order valence-corrected chi connectivity index (χ2v) is 7.33. The Morgan fingerprint density at radius 3 is 2.57 bits per heavy atom. The molecule has 0 bridgehead atoms. The second kappa shape index (κ2) is 8.62. The summed E-state index contributed by atoms with van der Waals surface area (Å²) in [5.74, 6) is -0.594. The number of anilines is 2. The highest BCUT2D eigenvalue weighted by atomic mass is 16.5. The number of amides is 3. The molecule has 2 aromatic rings. The van der Waals surface area contributed by atoms with E-state index < -0.39 is 0 Å². The van der Waals surface area contributed by atoms with Gasteiger partial charge in [-0.3, -0.25) is 19.3 Å². The van der Waals surface area contributed by atoms with Crippen LogP contribution in [0.3, 0.4) is 0 Å². The number of unbranched alkanes of at least 4 members (excludes halogenated alkanes) is 1. The van der Waals surface area contributed by atoms with Gasteiger partial charge in [-0.05, 0) is 36.8 Å². The van der Waals surface area contributed by atoms with Gasteiger partial charge >= 0.3 is 0 Å². The van der Waals surface area contributed by atoms with Gasteiger partial charge in [0.05, 0.1) is 36.2 Å². The quantitative estimate of drug-likeness (QED) is 0.739. The molecule has 30 heavy (non-hydrogen) atoms. The fraction of sp³-hybridized carbons (Fsp3) is 0.364. The number of carbonyl (C=O) groups excluding carboxylic acids is 3. The molecule has 0 aliphatic carbocycles. The first kappa shape index (κ1) is 20.0. The number of imide groups is 1. The van der Waals surface area contributed by atoms with Crippen molar-refractivity contribution in [1.82, 2.24) is 9.88 Å². The maximum atomic E-state index is 12.7. The average molecular weight is 408 g/mol. The second-order valence-electron chi connectivity index (χ2n) is 7.33. The maximum Gasteiger partial charge on any atom is 0.261 e. The molecule has 0 atom stereocenters. The summed E-state index contributed by atoms with van der Waals surface area (Å²) < 4.78 is 5.35. The van der Waals surface area contributed by atoms with Gasteiger partial charge in [-0.25, -0.2) is 4.98 Å². The van der Waals surface area contributed by atoms with Crippen molar-refractivity contribution < 1.29 is 19.1 Å². The Hall–Kier alpha value is -3.26. The fourth-order valence-corrected chi connectivity index (χ4v) is 3.61. The van der Waals surface area contributed by atoms with Crippen LogP contribution in [0.15, 0.2) is 36.5 Å². The number of morpholine rings is 1. The van der Waals surface area contributed by atoms with Crippen molar-refractivity contribution in [2.24, 2.45) is 0 Å². The summed E-state index contributed by atoms with van der Waals surface area (Å²) >= 11 is 0. The van der Waals surface area contributed by atoms with Crippen molar-refractivity contribution in [2.45, 2.75) is 19.8 Å². The number of aromatic nitrogens is 1. The lowest BCUT2D eigenvalue weighted by atomic mass is 10.1. The summed E-state index contributed by atoms with van der Waals surface area (Å²) in [4.78, 5) is 45.4. The van der Waals surface area contributed by atoms with E-state index in [1.165, 1.54) is 11.0 Å². The van der Waals surface area contributed by atoms with Crippen LogP contribution in [-0.4, -0.2) is 60.5 Å². The lowest BCUT2D eigenvalue weighted by Gasteiger charge is -2.28. The lowest BCUT2D eigenvalue weighted by molar-refractivity contribution is 0.0652. The number of carbonyl (C=O) groups is 3. The summed E-state index contributed by atoms with van der Waals surface area (Å²) in [5.41, 5.74) is 1.91. The van der Waals surface area contributed by atoms with Crippen LogP contribution in [0.4, 0.5) is 11.5 Å². The third kappa shape index (κ3) is 3.91. The molecule has 3 amide bonds. The Labute approximate surface area is 174 Å². The Balaban J connectivity index is 1.45. The van der Waals surface area contributed by atoms with E-state index in [4.69, 9.17) is 4.74 Å². The molecule has 8 heteroatoms. The zero-order chi connectivity index (χ0) is 21.1. The zero-order valence-electron chi connectivity index (χ0n) is 16.9. The number of benzene rings is 1. The molecule has 1 aromatic heterocycles. The van der Waals surface area contributed by atoms with Crippen LogP contribution in [-0.2, 0) is 4.74 Å². The minimum atomic E-state index is -0.378. The van der Waals surface area contributed by atoms with Crippen LogP contribution in [0.1, 0.15) is 50.8 Å². The number of hydrogen-bond donors (Lipinski definition) is 1. The van der Waals surface area contributed by atoms with Crippen molar-refractivity contribution in [2.75, 3.05) is 43.1 Å². The van der Waals surface area contributed by atoms with Crippen molar-refractivity contribution in [3.63, 3.8) is 0 Å². The standard InChI is InChI=1S/C22H24N4O4/c1-2-3-8-26-21(28)17-6-4-15(13-18(17)22(26)29)20(27)24-19-7-5-16(14-23-19)25-9-11-30-12-10-25/h4-7,13-14H,2-3,8-12H2,1H3,(H,23,24,27). The molecule has 0 radical (unpaired) electrons. The molecular formula is C22H24N4O4. The monoisotopic (exact) mass is 408 g/mol. The first-order valence-electron chi connectivity index (χ1n) is 10.2. The minimum absolute atomic E-state index is 0.277. The number of nitrogens with zero attached hydrogens (tertiary/aromatic N) is 3. The summed E-state index contributed by atoms with van der Waals surface area (Å²) in [6, 6.07) is 8.25. The highest BCUT2D eigenvalue weighted by molar-refractivity contribution is 6.22. The Bertz CT molecular complexity index is 968. The predicted molar refractivity (Wildman–Crippen MR) is 112 cm³/mol. The van der Waals surface area contributed by atoms with Gasteiger partial charge in [-0.1, -0.05) is 13.3 Å². The molecule has 1 saturated heterocycles. The van der Waals surface area contributed by atoms with Gasteiger partial charge in [0.15, 0.2) is 0 Å². The van der Waals surface area contributed by atoms with E-state index in [9.17, 15) is 14.4 Å². The summed E-state index contributed by atoms with van der Waals surface area (Å²) in [6.07, 6.45) is 3.36. The van der Waals surface area contributed by atoms with Crippen LogP contribution in [0.5, 0.6) is 0 Å². The average Bonchev–Trinajstić information content (AvgIpc) is 3.02. The van der Waals surface area contributed by atoms with Crippen molar-refractivity contribution >= 4 is 29.2 Å². The molecule has 0 saturated carbocycles. The van der Waals surface area contributed by atoms with E-state index in [2.05, 4.69) is 15.2 Å². The van der Waals surface area contributed by atoms with Gasteiger partial charge in [0.2, 0.25) is 0 Å². The van der Waals surface area contributed by atoms with Crippen LogP contribution in [0.25, 0.3) is 0 Å². The molecule has 3 heterocycles. The van der Waals surface area contributed by atoms with Crippen molar-refractivity contribution in [3.05, 3.63) is 53.2 Å². The van der Waals surface area contributed by atoms with Gasteiger partial charge in [0.25, 0.3) is 17.7 Å². The number of rotatable bonds is 6. The largest absolute Gasteiger partial charge is 0.378 e. The number of pyridine rings is 1. The molecule has 156 valence electrons. The van der Waals surface area contributed by atoms with E-state index in [0.29, 0.717) is 36.7 Å². The van der Waals surface area contributed by atoms with E-state index in [1.54, 1.807) is 24.4 Å². The Morgan fingerprint density at radius 1 is 1.10 bits per heavy atom. The lowest BCUT2D eigenvalue weighted by Crippen LogP contribution is -2.36. The Morgan fingerprint density at radius 2 is 1.87 bits per heavy atom. The van der Waals surface area contributed by atoms with Crippen LogP contribution in [0.2, 0.25) is 0 Å². The number of fused-ring (bicyclic) bond motifs is 1. The maximum absolute atomic E-state index is 12.7. The molecule has 2 aliphatic heterocycles. The summed E-state index contributed by atoms with van der Waals surface area (Å²) in [6.45, 7) is 5.39. The molecule has 1 N–H and O–H groups in total. The third-order valence-corrected chi connectivity index (χ3v) is 5.33. The minimum Gasteiger partial charge on any atom is -0.378 e. The Kier molecular flexibility index (Phi) is 5.76. The van der Waals surface area contributed by atoms with Gasteiger partial charge in [-0.2, -0.15) is 0 Å². The molecule has 0 spiro atoms. The third-order valence-electron chi connectivity index (χ3n) is 5.33. The van der Waals surface area contributed by atoms with Crippen molar-refractivity contribution in [3.8, 4) is 0 Å². The van der Waals surface area contributed by atoms with Gasteiger partial charge in [-0.15, -0.1) is 0 Å². The number of hydrogen-bond acceptors (Lipinski definition) is 6. The first-order chi connectivity index (χ1) is 14.6. The van der Waals surface area contributed by atoms with E-state index in [1.807, 2.05) is 13.0 Å². The molecule has 8 nitrogen and oxygen atoms in total. The first-order valence-corrected chi connectivity index (χ1v) is 10.2. The zero-order valence-corrected chi connectivity index (χ0v) is 16.9. The number of nitrogens with one attached hydrogen (secondary N) is 1. The van der Waals surface area contributed by atoms with E-state index in [-0.39, 0.29) is 23.3 Å². The molecule has 1 fully saturated rings. The van der Waals surface area contributed by atoms with E-state index >= 15 is 0 Å². The molecule has 4 rings (SSSR count). The topological polar surface area (TPSA) is 91.8 Å². The smallest absolute Gasteiger partial charge is 0.261 e. The predicted octanol–water partition coefficient (Wildman–Crippen LogP) is 2.57. The molecule has 1 aromatic carbocycles. The molecule has 2 aliphatic rings. The SMILES string of the molecule is CCCCN1C(=O)c2ccc(C(=O)Nc3ccc(N4CCOCC4)cn3)cc2C1=O. The van der Waals surface area contributed by atoms with Crippen LogP contribution >= 0.6 is 0 Å². The fourth-order valence-electron chi connectivity index (χ4n) is 3.61. The summed E-state index contributed by atoms with van der Waals surface area (Å²) in [5, 5.41) is 2.75. The van der Waals surface area contributed by atoms with Gasteiger partial charge in [0.1, 0.15) is 5.82 Å². The van der Waals surface area contributed by atoms with Crippen molar-refractivity contribution in [1.29, 1.82) is 0 Å². The highest BCUT2D eigenvalue weighted by Crippen LogP contribution is 2.25. The normalized spacial score (nSPS) is 16.0. The summed E-state index contributed by atoms with van der Waals surface area (Å²) in [7, 11) is 0. The number of ether oxygens (including phenoxy) is 1. The van der Waals surface area contributed by atoms with E-state index in [0.717, 1.165) is 31.6 Å². The van der Waals surface area contributed by atoms with Gasteiger partial charge in [0, 0.05) is 25.2 Å². The van der Waals surface area contributed by atoms with Crippen LogP contribution in [0, 0.1) is 0 Å². The van der Waals surface area contributed by atoms with Crippen LogP contribution < -0.4 is 10.2 Å².